The minimum atomic E-state index is -0.118. The summed E-state index contributed by atoms with van der Waals surface area (Å²) in [5.41, 5.74) is 2.35. The maximum Gasteiger partial charge on any atom is 0.262 e. The van der Waals surface area contributed by atoms with Gasteiger partial charge in [-0.1, -0.05) is 36.0 Å². The van der Waals surface area contributed by atoms with Gasteiger partial charge in [0.15, 0.2) is 5.16 Å². The van der Waals surface area contributed by atoms with Crippen LogP contribution in [0.15, 0.2) is 58.5 Å². The molecule has 0 fully saturated rings. The summed E-state index contributed by atoms with van der Waals surface area (Å²) in [6.07, 6.45) is 0. The van der Waals surface area contributed by atoms with Crippen LogP contribution in [0.1, 0.15) is 24.1 Å². The molecule has 132 valence electrons. The first-order chi connectivity index (χ1) is 12.6. The molecule has 0 radical (unpaired) electrons. The predicted molar refractivity (Wildman–Crippen MR) is 103 cm³/mol. The molecule has 3 rings (SSSR count). The zero-order valence-electron chi connectivity index (χ0n) is 14.7. The number of rotatable bonds is 6. The highest BCUT2D eigenvalue weighted by molar-refractivity contribution is 7.98. The van der Waals surface area contributed by atoms with Gasteiger partial charge in [0.05, 0.1) is 35.2 Å². The molecule has 0 aliphatic carbocycles. The highest BCUT2D eigenvalue weighted by Gasteiger charge is 2.16. The van der Waals surface area contributed by atoms with Gasteiger partial charge < -0.3 is 4.74 Å². The number of thioether (sulfide) groups is 1. The van der Waals surface area contributed by atoms with Gasteiger partial charge in [-0.25, -0.2) is 4.98 Å². The first-order valence-corrected chi connectivity index (χ1v) is 9.24. The minimum absolute atomic E-state index is 0.0533. The van der Waals surface area contributed by atoms with Gasteiger partial charge in [-0.15, -0.1) is 0 Å². The molecule has 1 atom stereocenters. The third-order valence-corrected chi connectivity index (χ3v) is 5.10. The molecular formula is C20H19N3O2S. The van der Waals surface area contributed by atoms with Crippen LogP contribution in [0.25, 0.3) is 10.9 Å². The van der Waals surface area contributed by atoms with Crippen molar-refractivity contribution >= 4 is 22.7 Å². The Morgan fingerprint density at radius 1 is 1.23 bits per heavy atom. The van der Waals surface area contributed by atoms with Gasteiger partial charge in [0.25, 0.3) is 5.56 Å². The zero-order valence-corrected chi connectivity index (χ0v) is 15.5. The van der Waals surface area contributed by atoms with E-state index in [1.165, 1.54) is 11.8 Å². The molecule has 0 N–H and O–H groups in total. The normalized spacial score (nSPS) is 12.0. The summed E-state index contributed by atoms with van der Waals surface area (Å²) in [4.78, 5) is 17.7. The topological polar surface area (TPSA) is 67.9 Å². The van der Waals surface area contributed by atoms with Crippen molar-refractivity contribution in [3.63, 3.8) is 0 Å². The lowest BCUT2D eigenvalue weighted by molar-refractivity contribution is 0.156. The molecule has 1 heterocycles. The highest BCUT2D eigenvalue weighted by atomic mass is 32.2. The van der Waals surface area contributed by atoms with Crippen molar-refractivity contribution in [1.82, 2.24) is 9.55 Å². The van der Waals surface area contributed by atoms with Crippen LogP contribution in [0.3, 0.4) is 0 Å². The van der Waals surface area contributed by atoms with E-state index >= 15 is 0 Å². The third kappa shape index (κ3) is 3.79. The summed E-state index contributed by atoms with van der Waals surface area (Å²) in [7, 11) is 1.62. The third-order valence-electron chi connectivity index (χ3n) is 4.08. The molecular weight excluding hydrogens is 346 g/mol. The van der Waals surface area contributed by atoms with Crippen molar-refractivity contribution in [3.8, 4) is 6.07 Å². The fraction of sp³-hybridized carbons (Fsp3) is 0.250. The lowest BCUT2D eigenvalue weighted by atomic mass is 10.2. The first-order valence-electron chi connectivity index (χ1n) is 8.26. The average Bonchev–Trinajstić information content (AvgIpc) is 2.67. The molecule has 6 heteroatoms. The van der Waals surface area contributed by atoms with Crippen LogP contribution in [0.5, 0.6) is 0 Å². The summed E-state index contributed by atoms with van der Waals surface area (Å²) in [6, 6.07) is 16.8. The molecule has 0 spiro atoms. The lowest BCUT2D eigenvalue weighted by Gasteiger charge is -2.18. The SMILES string of the molecule is COC[C@H](C)n1c(SCc2ccc(C#N)cc2)nc2ccccc2c1=O. The van der Waals surface area contributed by atoms with E-state index in [1.54, 1.807) is 29.9 Å². The second-order valence-corrected chi connectivity index (χ2v) is 6.93. The number of methoxy groups -OCH3 is 1. The minimum Gasteiger partial charge on any atom is -0.383 e. The van der Waals surface area contributed by atoms with Gasteiger partial charge in [0.2, 0.25) is 0 Å². The standard InChI is InChI=1S/C20H19N3O2S/c1-14(12-25-2)23-19(24)17-5-3-4-6-18(17)22-20(23)26-13-16-9-7-15(11-21)8-10-16/h3-10,14H,12-13H2,1-2H3/t14-/m0/s1. The first kappa shape index (κ1) is 18.2. The highest BCUT2D eigenvalue weighted by Crippen LogP contribution is 2.24. The van der Waals surface area contributed by atoms with E-state index in [2.05, 4.69) is 6.07 Å². The Morgan fingerprint density at radius 2 is 1.96 bits per heavy atom. The van der Waals surface area contributed by atoms with E-state index < -0.39 is 0 Å². The number of fused-ring (bicyclic) bond motifs is 1. The van der Waals surface area contributed by atoms with Crippen molar-refractivity contribution in [2.45, 2.75) is 23.9 Å². The molecule has 0 unspecified atom stereocenters. The molecule has 26 heavy (non-hydrogen) atoms. The smallest absolute Gasteiger partial charge is 0.262 e. The second kappa shape index (κ2) is 8.17. The van der Waals surface area contributed by atoms with Crippen LogP contribution in [-0.4, -0.2) is 23.3 Å². The Balaban J connectivity index is 1.98. The molecule has 0 saturated carbocycles. The average molecular weight is 365 g/mol. The van der Waals surface area contributed by atoms with Crippen molar-refractivity contribution in [2.75, 3.05) is 13.7 Å². The molecule has 3 aromatic rings. The number of para-hydroxylation sites is 1. The van der Waals surface area contributed by atoms with Gasteiger partial charge in [0, 0.05) is 12.9 Å². The number of ether oxygens (including phenoxy) is 1. The fourth-order valence-electron chi connectivity index (χ4n) is 2.76. The van der Waals surface area contributed by atoms with Crippen molar-refractivity contribution in [2.24, 2.45) is 0 Å². The van der Waals surface area contributed by atoms with Gasteiger partial charge >= 0.3 is 0 Å². The van der Waals surface area contributed by atoms with Crippen LogP contribution in [0, 0.1) is 11.3 Å². The lowest BCUT2D eigenvalue weighted by Crippen LogP contribution is -2.28. The summed E-state index contributed by atoms with van der Waals surface area (Å²) in [5.74, 6) is 0.663. The Kier molecular flexibility index (Phi) is 5.71. The molecule has 2 aromatic carbocycles. The summed E-state index contributed by atoms with van der Waals surface area (Å²) >= 11 is 1.51. The Labute approximate surface area is 156 Å². The molecule has 0 aliphatic rings. The van der Waals surface area contributed by atoms with Gasteiger partial charge in [0.1, 0.15) is 0 Å². The van der Waals surface area contributed by atoms with Crippen LogP contribution in [0.2, 0.25) is 0 Å². The quantitative estimate of drug-likeness (QED) is 0.491. The van der Waals surface area contributed by atoms with E-state index in [0.29, 0.717) is 34.0 Å². The number of hydrogen-bond acceptors (Lipinski definition) is 5. The number of aromatic nitrogens is 2. The van der Waals surface area contributed by atoms with Crippen molar-refractivity contribution < 1.29 is 4.74 Å². The van der Waals surface area contributed by atoms with Crippen molar-refractivity contribution in [3.05, 3.63) is 70.0 Å². The maximum atomic E-state index is 13.0. The largest absolute Gasteiger partial charge is 0.383 e. The summed E-state index contributed by atoms with van der Waals surface area (Å²) < 4.78 is 6.95. The van der Waals surface area contributed by atoms with Gasteiger partial charge in [-0.3, -0.25) is 9.36 Å². The maximum absolute atomic E-state index is 13.0. The summed E-state index contributed by atoms with van der Waals surface area (Å²) in [6.45, 7) is 2.39. The van der Waals surface area contributed by atoms with Crippen molar-refractivity contribution in [1.29, 1.82) is 5.26 Å². The van der Waals surface area contributed by atoms with Crippen LogP contribution < -0.4 is 5.56 Å². The molecule has 1 aromatic heterocycles. The number of nitrogens with zero attached hydrogens (tertiary/aromatic N) is 3. The molecule has 0 bridgehead atoms. The van der Waals surface area contributed by atoms with Crippen LogP contribution in [-0.2, 0) is 10.5 Å². The molecule has 0 saturated heterocycles. The number of hydrogen-bond donors (Lipinski definition) is 0. The Hall–Kier alpha value is -2.62. The van der Waals surface area contributed by atoms with E-state index in [0.717, 1.165) is 5.56 Å². The van der Waals surface area contributed by atoms with E-state index in [9.17, 15) is 4.79 Å². The Bertz CT molecular complexity index is 1010. The molecule has 0 aliphatic heterocycles. The van der Waals surface area contributed by atoms with Crippen LogP contribution >= 0.6 is 11.8 Å². The monoisotopic (exact) mass is 365 g/mol. The van der Waals surface area contributed by atoms with Crippen LogP contribution in [0.4, 0.5) is 0 Å². The zero-order chi connectivity index (χ0) is 18.5. The fourth-order valence-corrected chi connectivity index (χ4v) is 3.81. The molecule has 0 amide bonds. The number of benzene rings is 2. The van der Waals surface area contributed by atoms with Gasteiger partial charge in [-0.2, -0.15) is 5.26 Å². The molecule has 5 nitrogen and oxygen atoms in total. The van der Waals surface area contributed by atoms with E-state index in [-0.39, 0.29) is 11.6 Å². The van der Waals surface area contributed by atoms with Gasteiger partial charge in [-0.05, 0) is 36.8 Å². The second-order valence-electron chi connectivity index (χ2n) is 5.99. The number of nitriles is 1. The Morgan fingerprint density at radius 3 is 2.65 bits per heavy atom. The van der Waals surface area contributed by atoms with E-state index in [4.69, 9.17) is 15.0 Å². The predicted octanol–water partition coefficient (Wildman–Crippen LogP) is 3.77. The van der Waals surface area contributed by atoms with E-state index in [1.807, 2.05) is 37.3 Å². The summed E-state index contributed by atoms with van der Waals surface area (Å²) in [5, 5.41) is 10.2.